The first-order valence-corrected chi connectivity index (χ1v) is 14.5. The summed E-state index contributed by atoms with van der Waals surface area (Å²) < 4.78 is 30.0. The topological polar surface area (TPSA) is 74.8 Å². The van der Waals surface area contributed by atoms with Gasteiger partial charge in [-0.2, -0.15) is 4.31 Å². The molecular weight excluding hydrogens is 520 g/mol. The Balaban J connectivity index is 1.83. The van der Waals surface area contributed by atoms with E-state index in [1.165, 1.54) is 0 Å². The summed E-state index contributed by atoms with van der Waals surface area (Å²) in [5.74, 6) is -0.713. The number of imide groups is 1. The molecule has 1 aliphatic heterocycles. The monoisotopic (exact) mass is 552 g/mol. The number of benzene rings is 3. The first kappa shape index (κ1) is 28.0. The van der Waals surface area contributed by atoms with Crippen molar-refractivity contribution in [2.45, 2.75) is 71.4 Å². The molecule has 1 atom stereocenters. The minimum Gasteiger partial charge on any atom is -0.274 e. The number of anilines is 1. The highest BCUT2D eigenvalue weighted by atomic mass is 35.5. The van der Waals surface area contributed by atoms with Crippen LogP contribution in [0.3, 0.4) is 0 Å². The lowest BCUT2D eigenvalue weighted by Crippen LogP contribution is -2.45. The van der Waals surface area contributed by atoms with Gasteiger partial charge in [0.25, 0.3) is 5.91 Å². The Morgan fingerprint density at radius 2 is 1.53 bits per heavy atom. The Morgan fingerprint density at radius 1 is 0.947 bits per heavy atom. The first-order valence-electron chi connectivity index (χ1n) is 12.6. The summed E-state index contributed by atoms with van der Waals surface area (Å²) in [6.07, 6.45) is -0.253. The molecule has 0 aliphatic carbocycles. The predicted molar refractivity (Wildman–Crippen MR) is 151 cm³/mol. The van der Waals surface area contributed by atoms with Gasteiger partial charge in [-0.15, -0.1) is 0 Å². The maximum Gasteiger partial charge on any atom is 0.252 e. The van der Waals surface area contributed by atoms with Crippen LogP contribution in [0.1, 0.15) is 59.6 Å². The molecule has 0 N–H and O–H groups in total. The zero-order chi connectivity index (χ0) is 27.9. The van der Waals surface area contributed by atoms with Crippen LogP contribution in [0.2, 0.25) is 5.02 Å². The molecule has 1 unspecified atom stereocenters. The lowest BCUT2D eigenvalue weighted by Gasteiger charge is -2.29. The molecule has 200 valence electrons. The highest BCUT2D eigenvalue weighted by Gasteiger charge is 2.47. The van der Waals surface area contributed by atoms with Crippen molar-refractivity contribution in [3.05, 3.63) is 93.0 Å². The Morgan fingerprint density at radius 3 is 2.08 bits per heavy atom. The molecule has 1 aliphatic rings. The largest absolute Gasteiger partial charge is 0.274 e. The molecule has 0 saturated carbocycles. The molecule has 38 heavy (non-hydrogen) atoms. The summed E-state index contributed by atoms with van der Waals surface area (Å²) in [6, 6.07) is 14.9. The van der Waals surface area contributed by atoms with Gasteiger partial charge in [-0.25, -0.2) is 13.3 Å². The maximum absolute atomic E-state index is 14.4. The van der Waals surface area contributed by atoms with Gasteiger partial charge < -0.3 is 0 Å². The average molecular weight is 553 g/mol. The van der Waals surface area contributed by atoms with Crippen LogP contribution in [-0.2, 0) is 26.2 Å². The zero-order valence-corrected chi connectivity index (χ0v) is 24.2. The van der Waals surface area contributed by atoms with Gasteiger partial charge in [-0.1, -0.05) is 61.8 Å². The van der Waals surface area contributed by atoms with Crippen molar-refractivity contribution in [2.75, 3.05) is 4.90 Å². The average Bonchev–Trinajstić information content (AvgIpc) is 3.15. The van der Waals surface area contributed by atoms with Gasteiger partial charge in [0.1, 0.15) is 6.04 Å². The van der Waals surface area contributed by atoms with E-state index in [1.807, 2.05) is 32.0 Å². The molecule has 1 fully saturated rings. The van der Waals surface area contributed by atoms with E-state index >= 15 is 0 Å². The normalized spacial score (nSPS) is 16.2. The van der Waals surface area contributed by atoms with Crippen LogP contribution in [-0.4, -0.2) is 30.6 Å². The number of nitrogens with zero attached hydrogens (tertiary/aromatic N) is 2. The van der Waals surface area contributed by atoms with Crippen molar-refractivity contribution in [3.8, 4) is 0 Å². The second-order valence-corrected chi connectivity index (χ2v) is 12.5. The molecule has 0 aromatic heterocycles. The number of amides is 2. The molecule has 1 saturated heterocycles. The third-order valence-electron chi connectivity index (χ3n) is 7.44. The highest BCUT2D eigenvalue weighted by molar-refractivity contribution is 7.89. The number of carbonyl (C=O) groups excluding carboxylic acids is 2. The maximum atomic E-state index is 14.4. The standard InChI is InChI=1S/C30H33ClN2O4S/c1-18(2)23-11-13-25(14-12-23)33-28(34)16-27(30(33)35)32(17-24-9-7-8-10-26(24)31)38(36,37)29-21(5)19(3)15-20(4)22(29)6/h7-15,18,27H,16-17H2,1-6H3. The Kier molecular flexibility index (Phi) is 7.84. The summed E-state index contributed by atoms with van der Waals surface area (Å²) in [6.45, 7) is 11.3. The number of rotatable bonds is 7. The Hall–Kier alpha value is -3.00. The van der Waals surface area contributed by atoms with Crippen molar-refractivity contribution in [1.29, 1.82) is 0 Å². The van der Waals surface area contributed by atoms with Crippen molar-refractivity contribution in [1.82, 2.24) is 4.31 Å². The molecule has 8 heteroatoms. The van der Waals surface area contributed by atoms with Gasteiger partial charge in [-0.05, 0) is 85.2 Å². The molecule has 1 heterocycles. The van der Waals surface area contributed by atoms with Gasteiger partial charge in [0.15, 0.2) is 0 Å². The molecule has 4 rings (SSSR count). The van der Waals surface area contributed by atoms with E-state index in [-0.39, 0.29) is 17.9 Å². The van der Waals surface area contributed by atoms with Crippen molar-refractivity contribution >= 4 is 39.1 Å². The molecule has 3 aromatic carbocycles. The van der Waals surface area contributed by atoms with E-state index in [4.69, 9.17) is 11.6 Å². The molecule has 0 radical (unpaired) electrons. The number of hydrogen-bond donors (Lipinski definition) is 0. The van der Waals surface area contributed by atoms with E-state index in [9.17, 15) is 18.0 Å². The second-order valence-electron chi connectivity index (χ2n) is 10.3. The van der Waals surface area contributed by atoms with Crippen molar-refractivity contribution < 1.29 is 18.0 Å². The third-order valence-corrected chi connectivity index (χ3v) is 9.93. The van der Waals surface area contributed by atoms with E-state index < -0.39 is 27.9 Å². The van der Waals surface area contributed by atoms with Gasteiger partial charge >= 0.3 is 0 Å². The zero-order valence-electron chi connectivity index (χ0n) is 22.6. The smallest absolute Gasteiger partial charge is 0.252 e. The van der Waals surface area contributed by atoms with Crippen molar-refractivity contribution in [2.24, 2.45) is 0 Å². The summed E-state index contributed by atoms with van der Waals surface area (Å²) in [5.41, 5.74) is 4.98. The van der Waals surface area contributed by atoms with Gasteiger partial charge in [0.2, 0.25) is 15.9 Å². The minimum absolute atomic E-state index is 0.141. The van der Waals surface area contributed by atoms with E-state index in [0.29, 0.717) is 33.3 Å². The summed E-state index contributed by atoms with van der Waals surface area (Å²) in [4.78, 5) is 28.3. The van der Waals surface area contributed by atoms with E-state index in [0.717, 1.165) is 25.9 Å². The summed E-state index contributed by atoms with van der Waals surface area (Å²) >= 11 is 6.43. The number of sulfonamides is 1. The third kappa shape index (κ3) is 5.03. The lowest BCUT2D eigenvalue weighted by molar-refractivity contribution is -0.122. The van der Waals surface area contributed by atoms with Crippen LogP contribution in [0, 0.1) is 27.7 Å². The van der Waals surface area contributed by atoms with Crippen LogP contribution in [0.25, 0.3) is 0 Å². The molecule has 0 spiro atoms. The van der Waals surface area contributed by atoms with Gasteiger partial charge in [0.05, 0.1) is 17.0 Å². The Bertz CT molecular complexity index is 1490. The van der Waals surface area contributed by atoms with Crippen molar-refractivity contribution in [3.63, 3.8) is 0 Å². The van der Waals surface area contributed by atoms with Crippen LogP contribution in [0.5, 0.6) is 0 Å². The number of aryl methyl sites for hydroxylation is 2. The van der Waals surface area contributed by atoms with Crippen LogP contribution < -0.4 is 4.90 Å². The molecule has 0 bridgehead atoms. The van der Waals surface area contributed by atoms with Gasteiger partial charge in [-0.3, -0.25) is 9.59 Å². The number of carbonyl (C=O) groups is 2. The van der Waals surface area contributed by atoms with Crippen LogP contribution >= 0.6 is 11.6 Å². The number of halogens is 1. The molecule has 2 amide bonds. The first-order chi connectivity index (χ1) is 17.8. The van der Waals surface area contributed by atoms with E-state index in [2.05, 4.69) is 13.8 Å². The fourth-order valence-corrected chi connectivity index (χ4v) is 7.30. The molecule has 6 nitrogen and oxygen atoms in total. The Labute approximate surface area is 230 Å². The van der Waals surface area contributed by atoms with Crippen LogP contribution in [0.15, 0.2) is 59.5 Å². The quantitative estimate of drug-likeness (QED) is 0.326. The second kappa shape index (κ2) is 10.6. The SMILES string of the molecule is Cc1cc(C)c(C)c(S(=O)(=O)N(Cc2ccccc2Cl)C2CC(=O)N(c3ccc(C(C)C)cc3)C2=O)c1C. The predicted octanol–water partition coefficient (Wildman–Crippen LogP) is 6.22. The fourth-order valence-electron chi connectivity index (χ4n) is 4.96. The molecular formula is C30H33ClN2O4S. The van der Waals surface area contributed by atoms with Crippen LogP contribution in [0.4, 0.5) is 5.69 Å². The summed E-state index contributed by atoms with van der Waals surface area (Å²) in [7, 11) is -4.21. The van der Waals surface area contributed by atoms with E-state index in [1.54, 1.807) is 50.2 Å². The minimum atomic E-state index is -4.21. The van der Waals surface area contributed by atoms with Gasteiger partial charge in [0, 0.05) is 11.6 Å². The molecule has 3 aromatic rings. The summed E-state index contributed by atoms with van der Waals surface area (Å²) in [5, 5.41) is 0.388. The number of hydrogen-bond acceptors (Lipinski definition) is 4. The fraction of sp³-hybridized carbons (Fsp3) is 0.333. The highest BCUT2D eigenvalue weighted by Crippen LogP contribution is 2.35. The lowest BCUT2D eigenvalue weighted by atomic mass is 10.0.